The first-order valence-electron chi connectivity index (χ1n) is 5.73. The van der Waals surface area contributed by atoms with Crippen LogP contribution in [0.4, 0.5) is 4.39 Å². The molecule has 4 nitrogen and oxygen atoms in total. The van der Waals surface area contributed by atoms with Crippen LogP contribution in [-0.2, 0) is 16.6 Å². The molecule has 0 spiro atoms. The van der Waals surface area contributed by atoms with Crippen LogP contribution in [0, 0.1) is 5.82 Å². The zero-order valence-electron chi connectivity index (χ0n) is 11.1. The standard InChI is InChI=1S/C12H18BrFN2O2S/c1-12(2,16-19(3,17)18)8-15-7-9-4-5-10(13)6-11(9)14/h4-6,15-16H,7-8H2,1-3H3. The summed E-state index contributed by atoms with van der Waals surface area (Å²) in [5, 5.41) is 3.04. The summed E-state index contributed by atoms with van der Waals surface area (Å²) in [6, 6.07) is 4.85. The van der Waals surface area contributed by atoms with Crippen LogP contribution >= 0.6 is 15.9 Å². The van der Waals surface area contributed by atoms with Crippen molar-refractivity contribution in [2.45, 2.75) is 25.9 Å². The van der Waals surface area contributed by atoms with E-state index in [0.717, 1.165) is 6.26 Å². The van der Waals surface area contributed by atoms with E-state index in [1.165, 1.54) is 6.07 Å². The Hall–Kier alpha value is -0.500. The average molecular weight is 353 g/mol. The lowest BCUT2D eigenvalue weighted by Crippen LogP contribution is -2.49. The van der Waals surface area contributed by atoms with Gasteiger partial charge in [0.05, 0.1) is 6.26 Å². The van der Waals surface area contributed by atoms with E-state index in [1.807, 2.05) is 0 Å². The maximum Gasteiger partial charge on any atom is 0.209 e. The topological polar surface area (TPSA) is 58.2 Å². The van der Waals surface area contributed by atoms with Crippen molar-refractivity contribution in [1.29, 1.82) is 0 Å². The van der Waals surface area contributed by atoms with Gasteiger partial charge in [-0.25, -0.2) is 17.5 Å². The highest BCUT2D eigenvalue weighted by Crippen LogP contribution is 2.15. The molecule has 0 atom stereocenters. The molecule has 1 aromatic rings. The lowest BCUT2D eigenvalue weighted by Gasteiger charge is -2.25. The van der Waals surface area contributed by atoms with Crippen molar-refractivity contribution >= 4 is 26.0 Å². The Bertz CT molecular complexity index is 547. The fraction of sp³-hybridized carbons (Fsp3) is 0.500. The first-order chi connectivity index (χ1) is 8.59. The van der Waals surface area contributed by atoms with E-state index < -0.39 is 15.6 Å². The second-order valence-corrected chi connectivity index (χ2v) is 7.76. The minimum absolute atomic E-state index is 0.296. The Kier molecular flexibility index (Phi) is 5.49. The van der Waals surface area contributed by atoms with Gasteiger partial charge in [-0.3, -0.25) is 0 Å². The second-order valence-electron chi connectivity index (χ2n) is 5.10. The van der Waals surface area contributed by atoms with Gasteiger partial charge in [0.25, 0.3) is 0 Å². The summed E-state index contributed by atoms with van der Waals surface area (Å²) in [5.41, 5.74) is -0.0854. The molecule has 0 bridgehead atoms. The molecule has 0 aliphatic heterocycles. The quantitative estimate of drug-likeness (QED) is 0.823. The SMILES string of the molecule is CC(C)(CNCc1ccc(Br)cc1F)NS(C)(=O)=O. The Balaban J connectivity index is 2.54. The lowest BCUT2D eigenvalue weighted by atomic mass is 10.1. The Morgan fingerprint density at radius 2 is 2.00 bits per heavy atom. The van der Waals surface area contributed by atoms with Crippen LogP contribution in [0.25, 0.3) is 0 Å². The van der Waals surface area contributed by atoms with Gasteiger partial charge in [0.15, 0.2) is 0 Å². The normalized spacial score (nSPS) is 12.7. The van der Waals surface area contributed by atoms with Crippen LogP contribution < -0.4 is 10.0 Å². The first-order valence-corrected chi connectivity index (χ1v) is 8.41. The Morgan fingerprint density at radius 3 is 2.53 bits per heavy atom. The van der Waals surface area contributed by atoms with Gasteiger partial charge < -0.3 is 5.32 Å². The highest BCUT2D eigenvalue weighted by molar-refractivity contribution is 9.10. The predicted molar refractivity (Wildman–Crippen MR) is 77.9 cm³/mol. The first kappa shape index (κ1) is 16.6. The third-order valence-electron chi connectivity index (χ3n) is 2.36. The zero-order valence-corrected chi connectivity index (χ0v) is 13.5. The number of halogens is 2. The molecule has 7 heteroatoms. The van der Waals surface area contributed by atoms with E-state index in [2.05, 4.69) is 26.0 Å². The molecule has 0 heterocycles. The van der Waals surface area contributed by atoms with E-state index in [0.29, 0.717) is 23.1 Å². The van der Waals surface area contributed by atoms with Crippen LogP contribution in [-0.4, -0.2) is 26.8 Å². The van der Waals surface area contributed by atoms with Crippen molar-refractivity contribution in [3.05, 3.63) is 34.1 Å². The van der Waals surface area contributed by atoms with Crippen LogP contribution in [0.3, 0.4) is 0 Å². The van der Waals surface area contributed by atoms with Gasteiger partial charge in [-0.05, 0) is 26.0 Å². The number of rotatable bonds is 6. The fourth-order valence-corrected chi connectivity index (χ4v) is 3.12. The van der Waals surface area contributed by atoms with Gasteiger partial charge in [-0.15, -0.1) is 0 Å². The lowest BCUT2D eigenvalue weighted by molar-refractivity contribution is 0.418. The minimum Gasteiger partial charge on any atom is -0.311 e. The van der Waals surface area contributed by atoms with Crippen molar-refractivity contribution in [2.75, 3.05) is 12.8 Å². The molecule has 0 fully saturated rings. The maximum absolute atomic E-state index is 13.6. The molecule has 1 aromatic carbocycles. The highest BCUT2D eigenvalue weighted by Gasteiger charge is 2.21. The van der Waals surface area contributed by atoms with Crippen molar-refractivity contribution < 1.29 is 12.8 Å². The van der Waals surface area contributed by atoms with Gasteiger partial charge in [0, 0.05) is 28.7 Å². The van der Waals surface area contributed by atoms with Gasteiger partial charge in [0.2, 0.25) is 10.0 Å². The fourth-order valence-electron chi connectivity index (χ4n) is 1.71. The van der Waals surface area contributed by atoms with Crippen LogP contribution in [0.15, 0.2) is 22.7 Å². The molecule has 0 amide bonds. The summed E-state index contributed by atoms with van der Waals surface area (Å²) >= 11 is 3.19. The predicted octanol–water partition coefficient (Wildman–Crippen LogP) is 2.01. The van der Waals surface area contributed by atoms with E-state index in [-0.39, 0.29) is 5.82 Å². The largest absolute Gasteiger partial charge is 0.311 e. The molecule has 0 aliphatic carbocycles. The van der Waals surface area contributed by atoms with E-state index >= 15 is 0 Å². The van der Waals surface area contributed by atoms with Gasteiger partial charge in [-0.1, -0.05) is 22.0 Å². The zero-order chi connectivity index (χ0) is 14.7. The molecule has 108 valence electrons. The highest BCUT2D eigenvalue weighted by atomic mass is 79.9. The van der Waals surface area contributed by atoms with Crippen LogP contribution in [0.2, 0.25) is 0 Å². The molecule has 0 saturated carbocycles. The number of nitrogens with one attached hydrogen (secondary N) is 2. The molecule has 2 N–H and O–H groups in total. The number of hydrogen-bond donors (Lipinski definition) is 2. The summed E-state index contributed by atoms with van der Waals surface area (Å²) in [5.74, 6) is -0.296. The van der Waals surface area contributed by atoms with Crippen LogP contribution in [0.1, 0.15) is 19.4 Å². The van der Waals surface area contributed by atoms with Crippen molar-refractivity contribution in [1.82, 2.24) is 10.0 Å². The molecule has 0 unspecified atom stereocenters. The van der Waals surface area contributed by atoms with Crippen molar-refractivity contribution in [2.24, 2.45) is 0 Å². The Labute approximate surface area is 122 Å². The van der Waals surface area contributed by atoms with Gasteiger partial charge in [0.1, 0.15) is 5.82 Å². The summed E-state index contributed by atoms with van der Waals surface area (Å²) in [7, 11) is -3.26. The summed E-state index contributed by atoms with van der Waals surface area (Å²) in [6.45, 7) is 4.27. The molecule has 0 saturated heterocycles. The molecule has 19 heavy (non-hydrogen) atoms. The van der Waals surface area contributed by atoms with Gasteiger partial charge >= 0.3 is 0 Å². The van der Waals surface area contributed by atoms with E-state index in [9.17, 15) is 12.8 Å². The molecule has 0 aliphatic rings. The smallest absolute Gasteiger partial charge is 0.209 e. The second kappa shape index (κ2) is 6.30. The third kappa shape index (κ3) is 6.47. The molecule has 0 radical (unpaired) electrons. The minimum atomic E-state index is -3.26. The number of hydrogen-bond acceptors (Lipinski definition) is 3. The average Bonchev–Trinajstić information content (AvgIpc) is 2.17. The number of sulfonamides is 1. The summed E-state index contributed by atoms with van der Waals surface area (Å²) < 4.78 is 39.1. The molecular formula is C12H18BrFN2O2S. The maximum atomic E-state index is 13.6. The molecular weight excluding hydrogens is 335 g/mol. The Morgan fingerprint density at radius 1 is 1.37 bits per heavy atom. The number of benzene rings is 1. The summed E-state index contributed by atoms with van der Waals surface area (Å²) in [6.07, 6.45) is 1.11. The van der Waals surface area contributed by atoms with Crippen LogP contribution in [0.5, 0.6) is 0 Å². The monoisotopic (exact) mass is 352 g/mol. The molecule has 0 aromatic heterocycles. The third-order valence-corrected chi connectivity index (χ3v) is 3.78. The van der Waals surface area contributed by atoms with E-state index in [4.69, 9.17) is 0 Å². The van der Waals surface area contributed by atoms with Crippen molar-refractivity contribution in [3.63, 3.8) is 0 Å². The van der Waals surface area contributed by atoms with Gasteiger partial charge in [-0.2, -0.15) is 0 Å². The summed E-state index contributed by atoms with van der Waals surface area (Å²) in [4.78, 5) is 0. The molecule has 1 rings (SSSR count). The van der Waals surface area contributed by atoms with E-state index in [1.54, 1.807) is 26.0 Å². The van der Waals surface area contributed by atoms with Crippen molar-refractivity contribution in [3.8, 4) is 0 Å².